The van der Waals surface area contributed by atoms with Crippen LogP contribution in [0.5, 0.6) is 0 Å². The molecule has 1 saturated carbocycles. The topological polar surface area (TPSA) is 153 Å². The van der Waals surface area contributed by atoms with Crippen molar-refractivity contribution in [3.63, 3.8) is 0 Å². The minimum absolute atomic E-state index is 0.0291. The fraction of sp³-hybridized carbons (Fsp3) is 0.516. The Labute approximate surface area is 279 Å². The maximum absolute atomic E-state index is 14.3. The molecule has 11 nitrogen and oxygen atoms in total. The minimum Gasteiger partial charge on any atom is -0.394 e. The van der Waals surface area contributed by atoms with E-state index in [9.17, 15) is 51.6 Å². The van der Waals surface area contributed by atoms with Gasteiger partial charge in [-0.3, -0.25) is 0 Å². The summed E-state index contributed by atoms with van der Waals surface area (Å²) in [7, 11) is 0. The van der Waals surface area contributed by atoms with Gasteiger partial charge in [-0.1, -0.05) is 23.4 Å². The number of thioether (sulfide) groups is 1. The Kier molecular flexibility index (Phi) is 9.91. The highest BCUT2D eigenvalue weighted by molar-refractivity contribution is 8.00. The van der Waals surface area contributed by atoms with Crippen LogP contribution in [0.15, 0.2) is 42.6 Å². The Morgan fingerprint density at radius 3 is 2.35 bits per heavy atom. The number of carbonyl (C=O) groups is 1. The lowest BCUT2D eigenvalue weighted by Gasteiger charge is -2.47. The van der Waals surface area contributed by atoms with E-state index >= 15 is 0 Å². The summed E-state index contributed by atoms with van der Waals surface area (Å²) in [5, 5.41) is 53.9. The Hall–Kier alpha value is -3.42. The third kappa shape index (κ3) is 7.25. The average molecular weight is 718 g/mol. The maximum Gasteiger partial charge on any atom is 0.416 e. The van der Waals surface area contributed by atoms with Crippen LogP contribution in [0.25, 0.3) is 11.3 Å². The van der Waals surface area contributed by atoms with E-state index in [1.54, 1.807) is 0 Å². The minimum atomic E-state index is -4.83. The largest absolute Gasteiger partial charge is 0.416 e. The second-order valence-corrected chi connectivity index (χ2v) is 13.7. The summed E-state index contributed by atoms with van der Waals surface area (Å²) in [6.07, 6.45) is -7.08. The highest BCUT2D eigenvalue weighted by Gasteiger charge is 2.51. The Morgan fingerprint density at radius 2 is 1.73 bits per heavy atom. The quantitative estimate of drug-likeness (QED) is 0.174. The van der Waals surface area contributed by atoms with Gasteiger partial charge in [-0.15, -0.1) is 16.9 Å². The number of hydrogen-bond acceptors (Lipinski definition) is 9. The van der Waals surface area contributed by atoms with E-state index in [1.165, 1.54) is 23.1 Å². The van der Waals surface area contributed by atoms with Crippen molar-refractivity contribution in [1.29, 1.82) is 0 Å². The zero-order valence-corrected chi connectivity index (χ0v) is 26.4. The van der Waals surface area contributed by atoms with Crippen LogP contribution in [-0.2, 0) is 10.9 Å². The molecule has 3 aliphatic rings. The molecule has 3 heterocycles. The van der Waals surface area contributed by atoms with Gasteiger partial charge in [0.05, 0.1) is 29.2 Å². The average Bonchev–Trinajstić information content (AvgIpc) is 3.75. The van der Waals surface area contributed by atoms with Crippen molar-refractivity contribution >= 4 is 17.8 Å². The predicted molar refractivity (Wildman–Crippen MR) is 161 cm³/mol. The number of alkyl halides is 3. The SMILES string of the molecule is O=C(NC1CC1)N1CCC(O)([C@H](S[C@@H]2O[C@H](CO)[C@H](O)[C@H](n3cc(-c4cc(F)c(F)c(F)c4)nn3)[C@H]2O)c2ccccc2C(F)(F)F)CC1. The summed E-state index contributed by atoms with van der Waals surface area (Å²) < 4.78 is 91.1. The first-order chi connectivity index (χ1) is 23.2. The van der Waals surface area contributed by atoms with Crippen LogP contribution in [0.1, 0.15) is 48.1 Å². The van der Waals surface area contributed by atoms with Crippen molar-refractivity contribution in [1.82, 2.24) is 25.2 Å². The number of nitrogens with one attached hydrogen (secondary N) is 1. The van der Waals surface area contributed by atoms with Gasteiger partial charge in [-0.05, 0) is 49.4 Å². The number of likely N-dealkylation sites (tertiary alicyclic amines) is 1. The van der Waals surface area contributed by atoms with Crippen molar-refractivity contribution in [2.24, 2.45) is 0 Å². The molecule has 0 unspecified atom stereocenters. The molecule has 1 aliphatic carbocycles. The van der Waals surface area contributed by atoms with Crippen LogP contribution >= 0.6 is 11.8 Å². The van der Waals surface area contributed by atoms with Gasteiger partial charge in [0.15, 0.2) is 17.5 Å². The van der Waals surface area contributed by atoms with E-state index in [1.807, 2.05) is 0 Å². The first kappa shape index (κ1) is 35.4. The number of halogens is 6. The number of urea groups is 1. The molecule has 2 amide bonds. The Morgan fingerprint density at radius 1 is 1.08 bits per heavy atom. The van der Waals surface area contributed by atoms with Gasteiger partial charge in [0.1, 0.15) is 35.5 Å². The molecule has 266 valence electrons. The summed E-state index contributed by atoms with van der Waals surface area (Å²) in [6.45, 7) is -0.737. The first-order valence-corrected chi connectivity index (χ1v) is 16.4. The number of benzene rings is 2. The monoisotopic (exact) mass is 717 g/mol. The number of amides is 2. The van der Waals surface area contributed by atoms with Gasteiger partial charge < -0.3 is 35.4 Å². The number of hydrogen-bond donors (Lipinski definition) is 5. The summed E-state index contributed by atoms with van der Waals surface area (Å²) in [4.78, 5) is 14.1. The summed E-state index contributed by atoms with van der Waals surface area (Å²) in [6, 6.07) is 4.26. The Bertz CT molecular complexity index is 1650. The smallest absolute Gasteiger partial charge is 0.394 e. The van der Waals surface area contributed by atoms with Crippen LogP contribution in [0.3, 0.4) is 0 Å². The number of aromatic nitrogens is 3. The fourth-order valence-corrected chi connectivity index (χ4v) is 7.85. The number of aliphatic hydroxyl groups excluding tert-OH is 3. The van der Waals surface area contributed by atoms with Crippen molar-refractivity contribution in [2.45, 2.75) is 78.5 Å². The van der Waals surface area contributed by atoms with Crippen LogP contribution < -0.4 is 5.32 Å². The number of aliphatic hydroxyl groups is 4. The van der Waals surface area contributed by atoms with Gasteiger partial charge in [0.2, 0.25) is 0 Å². The summed E-state index contributed by atoms with van der Waals surface area (Å²) in [5.41, 5.74) is -5.05. The number of rotatable bonds is 8. The van der Waals surface area contributed by atoms with E-state index in [0.717, 1.165) is 29.8 Å². The molecule has 2 aromatic carbocycles. The van der Waals surface area contributed by atoms with Gasteiger partial charge in [-0.2, -0.15) is 13.2 Å². The molecule has 0 spiro atoms. The molecule has 0 radical (unpaired) electrons. The Balaban J connectivity index is 1.32. The second kappa shape index (κ2) is 13.7. The number of nitrogens with zero attached hydrogens (tertiary/aromatic N) is 4. The van der Waals surface area contributed by atoms with Crippen LogP contribution in [0.2, 0.25) is 0 Å². The van der Waals surface area contributed by atoms with E-state index in [-0.39, 0.29) is 54.8 Å². The van der Waals surface area contributed by atoms with Gasteiger partial charge >= 0.3 is 12.2 Å². The first-order valence-electron chi connectivity index (χ1n) is 15.5. The van der Waals surface area contributed by atoms with Gasteiger partial charge in [-0.25, -0.2) is 22.6 Å². The highest BCUT2D eigenvalue weighted by Crippen LogP contribution is 2.52. The number of ether oxygens (including phenoxy) is 1. The standard InChI is InChI=1S/C31H33F6N5O6S/c32-19-11-15(12-20(33)23(19)34)21-13-42(40-39-21)24-25(44)22(14-43)48-28(26(24)45)49-27(17-3-1-2-4-18(17)31(35,36)37)30(47)7-9-41(10-8-30)29(46)38-16-5-6-16/h1-4,11-13,16,22,24-28,43-45,47H,5-10,14H2,(H,38,46)/t22-,24+,25+,26-,27-,28+/m1/s1. The lowest BCUT2D eigenvalue weighted by Crippen LogP contribution is -2.56. The van der Waals surface area contributed by atoms with Gasteiger partial charge in [0.25, 0.3) is 0 Å². The van der Waals surface area contributed by atoms with Crippen molar-refractivity contribution in [3.8, 4) is 11.3 Å². The lowest BCUT2D eigenvalue weighted by molar-refractivity contribution is -0.179. The third-order valence-corrected chi connectivity index (χ3v) is 10.7. The van der Waals surface area contributed by atoms with Gasteiger partial charge in [0, 0.05) is 24.7 Å². The fourth-order valence-electron chi connectivity index (χ4n) is 6.21. The number of piperidine rings is 1. The van der Waals surface area contributed by atoms with Crippen molar-refractivity contribution in [3.05, 3.63) is 71.2 Å². The van der Waals surface area contributed by atoms with E-state index in [4.69, 9.17) is 4.74 Å². The normalized spacial score (nSPS) is 26.4. The molecule has 6 rings (SSSR count). The molecule has 3 fully saturated rings. The van der Waals surface area contributed by atoms with Crippen LogP contribution in [0.4, 0.5) is 31.1 Å². The third-order valence-electron chi connectivity index (χ3n) is 9.07. The van der Waals surface area contributed by atoms with Crippen LogP contribution in [-0.4, -0.2) is 101 Å². The van der Waals surface area contributed by atoms with E-state index < -0.39 is 76.4 Å². The van der Waals surface area contributed by atoms with Crippen LogP contribution in [0, 0.1) is 17.5 Å². The second-order valence-electron chi connectivity index (χ2n) is 12.5. The van der Waals surface area contributed by atoms with Crippen molar-refractivity contribution < 1.29 is 56.3 Å². The molecule has 3 aromatic rings. The molecule has 5 N–H and O–H groups in total. The molecule has 2 saturated heterocycles. The number of carbonyl (C=O) groups excluding carboxylic acids is 1. The molecular formula is C31H33F6N5O6S. The highest BCUT2D eigenvalue weighted by atomic mass is 32.2. The molecular weight excluding hydrogens is 684 g/mol. The molecule has 6 atom stereocenters. The zero-order valence-electron chi connectivity index (χ0n) is 25.6. The predicted octanol–water partition coefficient (Wildman–Crippen LogP) is 3.53. The van der Waals surface area contributed by atoms with E-state index in [0.29, 0.717) is 23.9 Å². The molecule has 0 bridgehead atoms. The molecule has 18 heteroatoms. The summed E-state index contributed by atoms with van der Waals surface area (Å²) >= 11 is 0.655. The summed E-state index contributed by atoms with van der Waals surface area (Å²) in [5.74, 6) is -4.69. The molecule has 2 aliphatic heterocycles. The zero-order chi connectivity index (χ0) is 35.2. The molecule has 1 aromatic heterocycles. The lowest BCUT2D eigenvalue weighted by atomic mass is 9.83. The maximum atomic E-state index is 14.3. The molecule has 49 heavy (non-hydrogen) atoms. The van der Waals surface area contributed by atoms with E-state index in [2.05, 4.69) is 15.6 Å². The van der Waals surface area contributed by atoms with Crippen molar-refractivity contribution in [2.75, 3.05) is 19.7 Å².